The van der Waals surface area contributed by atoms with Crippen LogP contribution in [0.4, 0.5) is 11.4 Å². The van der Waals surface area contributed by atoms with Crippen molar-refractivity contribution >= 4 is 52.2 Å². The number of carbonyl (C=O) groups is 2. The van der Waals surface area contributed by atoms with Crippen molar-refractivity contribution in [1.29, 1.82) is 5.41 Å². The molecule has 0 saturated heterocycles. The summed E-state index contributed by atoms with van der Waals surface area (Å²) >= 11 is 7.43. The SMILES string of the molecule is N=Cc1cc(NC(=O)COc2ccc(Cl)cc2C(=O)c2ccsc2)ccc1N. The standard InChI is InChI=1S/C20H16ClN3O3S/c21-14-1-4-18(16(8-14)20(26)12-5-6-28-11-12)27-10-19(25)24-15-2-3-17(23)13(7-15)9-22/h1-9,11,22H,10,23H2,(H,24,25). The summed E-state index contributed by atoms with van der Waals surface area (Å²) in [5.41, 5.74) is 7.99. The number of amides is 1. The lowest BCUT2D eigenvalue weighted by Crippen LogP contribution is -2.21. The first-order valence-corrected chi connectivity index (χ1v) is 9.49. The van der Waals surface area contributed by atoms with Crippen molar-refractivity contribution in [3.63, 3.8) is 0 Å². The molecule has 1 aromatic heterocycles. The Balaban J connectivity index is 1.71. The molecule has 1 heterocycles. The van der Waals surface area contributed by atoms with Crippen LogP contribution in [-0.2, 0) is 4.79 Å². The zero-order chi connectivity index (χ0) is 20.1. The Labute approximate surface area is 170 Å². The number of anilines is 2. The third kappa shape index (κ3) is 4.57. The van der Waals surface area contributed by atoms with Gasteiger partial charge in [-0.05, 0) is 47.8 Å². The maximum Gasteiger partial charge on any atom is 0.262 e. The van der Waals surface area contributed by atoms with Crippen LogP contribution in [0.1, 0.15) is 21.5 Å². The molecule has 4 N–H and O–H groups in total. The van der Waals surface area contributed by atoms with Crippen LogP contribution in [0.15, 0.2) is 53.2 Å². The number of ether oxygens (including phenoxy) is 1. The first-order chi connectivity index (χ1) is 13.5. The minimum Gasteiger partial charge on any atom is -0.483 e. The summed E-state index contributed by atoms with van der Waals surface area (Å²) in [6.07, 6.45) is 1.11. The van der Waals surface area contributed by atoms with Crippen LogP contribution in [-0.4, -0.2) is 24.5 Å². The lowest BCUT2D eigenvalue weighted by Gasteiger charge is -2.12. The van der Waals surface area contributed by atoms with Gasteiger partial charge in [-0.2, -0.15) is 11.3 Å². The second kappa shape index (κ2) is 8.69. The molecule has 28 heavy (non-hydrogen) atoms. The summed E-state index contributed by atoms with van der Waals surface area (Å²) in [4.78, 5) is 24.9. The fourth-order valence-electron chi connectivity index (χ4n) is 2.47. The fourth-order valence-corrected chi connectivity index (χ4v) is 3.28. The maximum absolute atomic E-state index is 12.7. The zero-order valence-electron chi connectivity index (χ0n) is 14.6. The number of benzene rings is 2. The molecule has 3 aromatic rings. The van der Waals surface area contributed by atoms with Crippen LogP contribution in [0.2, 0.25) is 5.02 Å². The smallest absolute Gasteiger partial charge is 0.262 e. The Morgan fingerprint density at radius 3 is 2.75 bits per heavy atom. The molecule has 0 aliphatic heterocycles. The number of hydrogen-bond acceptors (Lipinski definition) is 6. The molecule has 0 saturated carbocycles. The molecule has 0 unspecified atom stereocenters. The van der Waals surface area contributed by atoms with Crippen molar-refractivity contribution in [2.75, 3.05) is 17.7 Å². The lowest BCUT2D eigenvalue weighted by atomic mass is 10.1. The first kappa shape index (κ1) is 19.6. The number of nitrogens with one attached hydrogen (secondary N) is 2. The van der Waals surface area contributed by atoms with Gasteiger partial charge < -0.3 is 21.2 Å². The topological polar surface area (TPSA) is 105 Å². The number of halogens is 1. The Morgan fingerprint density at radius 1 is 1.21 bits per heavy atom. The van der Waals surface area contributed by atoms with Gasteiger partial charge in [0.2, 0.25) is 0 Å². The van der Waals surface area contributed by atoms with Crippen molar-refractivity contribution in [2.24, 2.45) is 0 Å². The number of hydrogen-bond donors (Lipinski definition) is 3. The number of carbonyl (C=O) groups excluding carboxylic acids is 2. The van der Waals surface area contributed by atoms with Crippen molar-refractivity contribution in [3.8, 4) is 5.75 Å². The Morgan fingerprint density at radius 2 is 2.04 bits per heavy atom. The van der Waals surface area contributed by atoms with Gasteiger partial charge >= 0.3 is 0 Å². The molecule has 0 aliphatic rings. The van der Waals surface area contributed by atoms with Gasteiger partial charge in [-0.3, -0.25) is 9.59 Å². The molecular formula is C20H16ClN3O3S. The predicted octanol–water partition coefficient (Wildman–Crippen LogP) is 4.23. The average Bonchev–Trinajstić information content (AvgIpc) is 3.22. The molecule has 2 aromatic carbocycles. The molecule has 8 heteroatoms. The minimum absolute atomic E-state index is 0.228. The average molecular weight is 414 g/mol. The maximum atomic E-state index is 12.7. The van der Waals surface area contributed by atoms with Crippen molar-refractivity contribution < 1.29 is 14.3 Å². The van der Waals surface area contributed by atoms with Gasteiger partial charge in [0.1, 0.15) is 5.75 Å². The first-order valence-electron chi connectivity index (χ1n) is 8.17. The summed E-state index contributed by atoms with van der Waals surface area (Å²) in [6, 6.07) is 11.2. The summed E-state index contributed by atoms with van der Waals surface area (Å²) in [5.74, 6) is -0.369. The number of nitrogens with two attached hydrogens (primary N) is 1. The molecule has 1 amide bonds. The van der Waals surface area contributed by atoms with E-state index in [2.05, 4.69) is 5.32 Å². The second-order valence-electron chi connectivity index (χ2n) is 5.81. The van der Waals surface area contributed by atoms with Crippen LogP contribution in [0.25, 0.3) is 0 Å². The Bertz CT molecular complexity index is 1040. The number of ketones is 1. The van der Waals surface area contributed by atoms with E-state index in [-0.39, 0.29) is 23.7 Å². The fraction of sp³-hybridized carbons (Fsp3) is 0.0500. The summed E-state index contributed by atoms with van der Waals surface area (Å²) in [5, 5.41) is 13.9. The number of thiophene rings is 1. The van der Waals surface area contributed by atoms with Crippen LogP contribution < -0.4 is 15.8 Å². The third-order valence-electron chi connectivity index (χ3n) is 3.85. The van der Waals surface area contributed by atoms with Gasteiger partial charge in [0.05, 0.1) is 5.56 Å². The molecule has 0 aliphatic carbocycles. The molecule has 0 spiro atoms. The van der Waals surface area contributed by atoms with Crippen LogP contribution in [0.3, 0.4) is 0 Å². The van der Waals surface area contributed by atoms with Crippen molar-refractivity contribution in [1.82, 2.24) is 0 Å². The molecule has 142 valence electrons. The highest BCUT2D eigenvalue weighted by atomic mass is 35.5. The molecule has 3 rings (SSSR count). The second-order valence-corrected chi connectivity index (χ2v) is 7.02. The molecule has 0 atom stereocenters. The van der Waals surface area contributed by atoms with Gasteiger partial charge in [-0.15, -0.1) is 0 Å². The zero-order valence-corrected chi connectivity index (χ0v) is 16.1. The molecule has 0 bridgehead atoms. The van der Waals surface area contributed by atoms with Gasteiger partial charge in [-0.25, -0.2) is 0 Å². The van der Waals surface area contributed by atoms with E-state index in [1.807, 2.05) is 0 Å². The molecule has 6 nitrogen and oxygen atoms in total. The number of rotatable bonds is 7. The Kier molecular flexibility index (Phi) is 6.08. The van der Waals surface area contributed by atoms with E-state index in [1.54, 1.807) is 47.2 Å². The van der Waals surface area contributed by atoms with Crippen molar-refractivity contribution in [3.05, 3.63) is 74.9 Å². The quantitative estimate of drug-likeness (QED) is 0.306. The van der Waals surface area contributed by atoms with Gasteiger partial charge in [-0.1, -0.05) is 11.6 Å². The largest absolute Gasteiger partial charge is 0.483 e. The van der Waals surface area contributed by atoms with Gasteiger partial charge in [0.25, 0.3) is 5.91 Å². The van der Waals surface area contributed by atoms with Gasteiger partial charge in [0.15, 0.2) is 12.4 Å². The van der Waals surface area contributed by atoms with E-state index in [1.165, 1.54) is 17.4 Å². The predicted molar refractivity (Wildman–Crippen MR) is 112 cm³/mol. The van der Waals surface area contributed by atoms with Crippen LogP contribution in [0.5, 0.6) is 5.75 Å². The van der Waals surface area contributed by atoms with E-state index in [0.717, 1.165) is 6.21 Å². The monoisotopic (exact) mass is 413 g/mol. The number of nitrogen functional groups attached to an aromatic ring is 1. The lowest BCUT2D eigenvalue weighted by molar-refractivity contribution is -0.118. The third-order valence-corrected chi connectivity index (χ3v) is 4.77. The van der Waals surface area contributed by atoms with E-state index in [4.69, 9.17) is 27.5 Å². The highest BCUT2D eigenvalue weighted by molar-refractivity contribution is 7.08. The highest BCUT2D eigenvalue weighted by Crippen LogP contribution is 2.26. The summed E-state index contributed by atoms with van der Waals surface area (Å²) < 4.78 is 5.57. The Hall–Kier alpha value is -3.16. The van der Waals surface area contributed by atoms with Crippen LogP contribution >= 0.6 is 22.9 Å². The summed E-state index contributed by atoms with van der Waals surface area (Å²) in [7, 11) is 0. The van der Waals surface area contributed by atoms with Crippen LogP contribution in [0, 0.1) is 5.41 Å². The highest BCUT2D eigenvalue weighted by Gasteiger charge is 2.17. The van der Waals surface area contributed by atoms with E-state index < -0.39 is 5.91 Å². The van der Waals surface area contributed by atoms with E-state index >= 15 is 0 Å². The van der Waals surface area contributed by atoms with E-state index in [9.17, 15) is 9.59 Å². The minimum atomic E-state index is -0.412. The molecule has 0 radical (unpaired) electrons. The normalized spacial score (nSPS) is 10.3. The van der Waals surface area contributed by atoms with E-state index in [0.29, 0.717) is 27.5 Å². The van der Waals surface area contributed by atoms with Gasteiger partial charge in [0, 0.05) is 39.1 Å². The van der Waals surface area contributed by atoms with Crippen molar-refractivity contribution in [2.45, 2.75) is 0 Å². The molecular weight excluding hydrogens is 398 g/mol. The summed E-state index contributed by atoms with van der Waals surface area (Å²) in [6.45, 7) is -0.296. The molecule has 0 fully saturated rings.